The van der Waals surface area contributed by atoms with Crippen LogP contribution in [0.2, 0.25) is 0 Å². The molecular weight excluding hydrogens is 156 g/mol. The summed E-state index contributed by atoms with van der Waals surface area (Å²) in [5.74, 6) is -0.0749. The average Bonchev–Trinajstić information content (AvgIpc) is 2.04. The van der Waals surface area contributed by atoms with E-state index in [1.54, 1.807) is 0 Å². The Morgan fingerprint density at radius 3 is 3.08 bits per heavy atom. The van der Waals surface area contributed by atoms with Crippen LogP contribution in [0.4, 0.5) is 0 Å². The molecule has 0 aromatic carbocycles. The van der Waals surface area contributed by atoms with E-state index in [9.17, 15) is 4.79 Å². The van der Waals surface area contributed by atoms with Gasteiger partial charge < -0.3 is 15.8 Å². The molecule has 1 rings (SSSR count). The van der Waals surface area contributed by atoms with Gasteiger partial charge in [-0.05, 0) is 19.8 Å². The first-order valence-corrected chi connectivity index (χ1v) is 4.33. The molecule has 0 aliphatic carbocycles. The lowest BCUT2D eigenvalue weighted by Crippen LogP contribution is -2.43. The van der Waals surface area contributed by atoms with Crippen molar-refractivity contribution in [2.45, 2.75) is 31.9 Å². The monoisotopic (exact) mass is 172 g/mol. The molecule has 0 aromatic rings. The number of nitrogens with two attached hydrogens (primary N) is 1. The molecule has 1 heterocycles. The molecule has 0 aromatic heterocycles. The molecule has 4 heteroatoms. The van der Waals surface area contributed by atoms with Crippen LogP contribution in [0.5, 0.6) is 0 Å². The third-order valence-corrected chi connectivity index (χ3v) is 2.04. The third kappa shape index (κ3) is 2.79. The summed E-state index contributed by atoms with van der Waals surface area (Å²) in [5.41, 5.74) is 5.18. The maximum Gasteiger partial charge on any atom is 0.233 e. The van der Waals surface area contributed by atoms with Gasteiger partial charge in [0.1, 0.15) is 0 Å². The summed E-state index contributed by atoms with van der Waals surface area (Å²) in [6.07, 6.45) is 2.05. The quantitative estimate of drug-likeness (QED) is 0.597. The summed E-state index contributed by atoms with van der Waals surface area (Å²) in [6, 6.07) is 0.254. The molecular formula is C8H16N2O2. The van der Waals surface area contributed by atoms with Crippen molar-refractivity contribution in [3.8, 4) is 0 Å². The number of nitrogens with one attached hydrogen (secondary N) is 1. The number of carbonyl (C=O) groups excluding carboxylic acids is 1. The first-order chi connectivity index (χ1) is 5.72. The minimum Gasteiger partial charge on any atom is -0.378 e. The Hall–Kier alpha value is -0.610. The minimum absolute atomic E-state index is 0.0749. The molecule has 0 spiro atoms. The predicted octanol–water partition coefficient (Wildman–Crippen LogP) is -0.371. The summed E-state index contributed by atoms with van der Waals surface area (Å²) in [5, 5.41) is 2.86. The van der Waals surface area contributed by atoms with Crippen molar-refractivity contribution in [1.29, 1.82) is 0 Å². The van der Waals surface area contributed by atoms with Crippen molar-refractivity contribution < 1.29 is 9.53 Å². The molecule has 3 N–H and O–H groups in total. The molecule has 12 heavy (non-hydrogen) atoms. The van der Waals surface area contributed by atoms with Gasteiger partial charge >= 0.3 is 0 Å². The van der Waals surface area contributed by atoms with E-state index in [1.807, 2.05) is 6.92 Å². The summed E-state index contributed by atoms with van der Waals surface area (Å²) >= 11 is 0. The fourth-order valence-corrected chi connectivity index (χ4v) is 1.42. The van der Waals surface area contributed by atoms with Crippen molar-refractivity contribution in [3.63, 3.8) is 0 Å². The zero-order chi connectivity index (χ0) is 8.97. The molecule has 1 fully saturated rings. The van der Waals surface area contributed by atoms with Gasteiger partial charge in [0.15, 0.2) is 0 Å². The minimum atomic E-state index is -0.0749. The number of ether oxygens (including phenoxy) is 1. The molecule has 0 bridgehead atoms. The molecule has 1 amide bonds. The van der Waals surface area contributed by atoms with Crippen molar-refractivity contribution in [2.24, 2.45) is 5.73 Å². The van der Waals surface area contributed by atoms with Crippen LogP contribution in [0.1, 0.15) is 19.8 Å². The fraction of sp³-hybridized carbons (Fsp3) is 0.875. The van der Waals surface area contributed by atoms with Gasteiger partial charge in [-0.3, -0.25) is 4.79 Å². The van der Waals surface area contributed by atoms with Crippen LogP contribution in [0, 0.1) is 0 Å². The SMILES string of the molecule is CC1CC(NC(=O)CN)CCO1. The Kier molecular flexibility index (Phi) is 3.49. The van der Waals surface area contributed by atoms with E-state index in [0.29, 0.717) is 0 Å². The van der Waals surface area contributed by atoms with Crippen LogP contribution < -0.4 is 11.1 Å². The average molecular weight is 172 g/mol. The lowest BCUT2D eigenvalue weighted by molar-refractivity contribution is -0.121. The maximum atomic E-state index is 10.9. The highest BCUT2D eigenvalue weighted by Gasteiger charge is 2.19. The Labute approximate surface area is 72.5 Å². The van der Waals surface area contributed by atoms with Gasteiger partial charge in [0.05, 0.1) is 12.6 Å². The highest BCUT2D eigenvalue weighted by Crippen LogP contribution is 2.12. The first-order valence-electron chi connectivity index (χ1n) is 4.33. The Morgan fingerprint density at radius 2 is 2.50 bits per heavy atom. The van der Waals surface area contributed by atoms with Crippen molar-refractivity contribution in [2.75, 3.05) is 13.2 Å². The summed E-state index contributed by atoms with van der Waals surface area (Å²) in [4.78, 5) is 10.9. The van der Waals surface area contributed by atoms with E-state index < -0.39 is 0 Å². The highest BCUT2D eigenvalue weighted by atomic mass is 16.5. The van der Waals surface area contributed by atoms with E-state index in [0.717, 1.165) is 19.4 Å². The third-order valence-electron chi connectivity index (χ3n) is 2.04. The Morgan fingerprint density at radius 1 is 1.75 bits per heavy atom. The van der Waals surface area contributed by atoms with Crippen molar-refractivity contribution in [3.05, 3.63) is 0 Å². The molecule has 2 atom stereocenters. The van der Waals surface area contributed by atoms with Gasteiger partial charge in [0.25, 0.3) is 0 Å². The Balaban J connectivity index is 2.27. The van der Waals surface area contributed by atoms with E-state index in [2.05, 4.69) is 5.32 Å². The zero-order valence-corrected chi connectivity index (χ0v) is 7.38. The first kappa shape index (κ1) is 9.48. The van der Waals surface area contributed by atoms with E-state index in [1.165, 1.54) is 0 Å². The fourth-order valence-electron chi connectivity index (χ4n) is 1.42. The lowest BCUT2D eigenvalue weighted by Gasteiger charge is -2.27. The molecule has 1 aliphatic rings. The second-order valence-corrected chi connectivity index (χ2v) is 3.17. The molecule has 1 aliphatic heterocycles. The van der Waals surface area contributed by atoms with Crippen LogP contribution in [0.25, 0.3) is 0 Å². The van der Waals surface area contributed by atoms with Crippen molar-refractivity contribution >= 4 is 5.91 Å². The number of carbonyl (C=O) groups is 1. The second kappa shape index (κ2) is 4.42. The molecule has 2 unspecified atom stereocenters. The molecule has 70 valence electrons. The van der Waals surface area contributed by atoms with Gasteiger partial charge in [-0.1, -0.05) is 0 Å². The number of amides is 1. The van der Waals surface area contributed by atoms with E-state index in [4.69, 9.17) is 10.5 Å². The van der Waals surface area contributed by atoms with Gasteiger partial charge in [-0.25, -0.2) is 0 Å². The number of rotatable bonds is 2. The van der Waals surface area contributed by atoms with Gasteiger partial charge in [-0.15, -0.1) is 0 Å². The van der Waals surface area contributed by atoms with Gasteiger partial charge in [-0.2, -0.15) is 0 Å². The smallest absolute Gasteiger partial charge is 0.233 e. The number of hydrogen-bond acceptors (Lipinski definition) is 3. The second-order valence-electron chi connectivity index (χ2n) is 3.17. The standard InChI is InChI=1S/C8H16N2O2/c1-6-4-7(2-3-12-6)10-8(11)5-9/h6-7H,2-5,9H2,1H3,(H,10,11). The molecule has 4 nitrogen and oxygen atoms in total. The summed E-state index contributed by atoms with van der Waals surface area (Å²) < 4.78 is 5.34. The molecule has 1 saturated heterocycles. The zero-order valence-electron chi connectivity index (χ0n) is 7.38. The topological polar surface area (TPSA) is 64.4 Å². The van der Waals surface area contributed by atoms with Crippen LogP contribution >= 0.6 is 0 Å². The van der Waals surface area contributed by atoms with Crippen LogP contribution in [-0.4, -0.2) is 31.2 Å². The number of hydrogen-bond donors (Lipinski definition) is 2. The normalized spacial score (nSPS) is 29.8. The molecule has 0 saturated carbocycles. The van der Waals surface area contributed by atoms with Crippen LogP contribution in [0.15, 0.2) is 0 Å². The van der Waals surface area contributed by atoms with Gasteiger partial charge in [0.2, 0.25) is 5.91 Å². The van der Waals surface area contributed by atoms with Crippen LogP contribution in [0.3, 0.4) is 0 Å². The van der Waals surface area contributed by atoms with E-state index in [-0.39, 0.29) is 24.6 Å². The van der Waals surface area contributed by atoms with E-state index >= 15 is 0 Å². The largest absolute Gasteiger partial charge is 0.378 e. The summed E-state index contributed by atoms with van der Waals surface area (Å²) in [7, 11) is 0. The maximum absolute atomic E-state index is 10.9. The van der Waals surface area contributed by atoms with Crippen molar-refractivity contribution in [1.82, 2.24) is 5.32 Å². The molecule has 0 radical (unpaired) electrons. The van der Waals surface area contributed by atoms with Gasteiger partial charge in [0, 0.05) is 12.6 Å². The highest BCUT2D eigenvalue weighted by molar-refractivity contribution is 5.78. The Bertz CT molecular complexity index is 161. The summed E-state index contributed by atoms with van der Waals surface area (Å²) in [6.45, 7) is 2.82. The van der Waals surface area contributed by atoms with Crippen LogP contribution in [-0.2, 0) is 9.53 Å². The lowest BCUT2D eigenvalue weighted by atomic mass is 10.0. The predicted molar refractivity (Wildman–Crippen MR) is 45.6 cm³/mol.